The monoisotopic (exact) mass is 641 g/mol. The van der Waals surface area contributed by atoms with Crippen LogP contribution in [0.3, 0.4) is 0 Å². The Morgan fingerprint density at radius 2 is 0.800 bits per heavy atom. The van der Waals surface area contributed by atoms with E-state index in [1.807, 2.05) is 84.9 Å². The smallest absolute Gasteiger partial charge is 0.164 e. The van der Waals surface area contributed by atoms with E-state index in [1.54, 1.807) is 0 Å². The molecule has 3 heterocycles. The summed E-state index contributed by atoms with van der Waals surface area (Å²) in [6, 6.07) is 55.7. The second kappa shape index (κ2) is 11.4. The summed E-state index contributed by atoms with van der Waals surface area (Å²) in [7, 11) is 0. The molecule has 0 saturated heterocycles. The molecule has 0 saturated carbocycles. The van der Waals surface area contributed by atoms with E-state index < -0.39 is 0 Å². The van der Waals surface area contributed by atoms with Gasteiger partial charge in [-0.15, -0.1) is 0 Å². The lowest BCUT2D eigenvalue weighted by Gasteiger charge is -2.12. The fraction of sp³-hybridized carbons (Fsp3) is 0. The van der Waals surface area contributed by atoms with Crippen LogP contribution in [0.2, 0.25) is 0 Å². The average molecular weight is 642 g/mol. The van der Waals surface area contributed by atoms with Crippen LogP contribution in [0.5, 0.6) is 0 Å². The first-order valence-corrected chi connectivity index (χ1v) is 16.6. The van der Waals surface area contributed by atoms with E-state index in [4.69, 9.17) is 23.8 Å². The van der Waals surface area contributed by atoms with E-state index in [-0.39, 0.29) is 0 Å². The van der Waals surface area contributed by atoms with Crippen molar-refractivity contribution >= 4 is 43.9 Å². The molecule has 7 aromatic carbocycles. The molecule has 234 valence electrons. The minimum Gasteiger partial charge on any atom is -0.456 e. The van der Waals surface area contributed by atoms with Crippen molar-refractivity contribution in [2.75, 3.05) is 0 Å². The standard InChI is InChI=1S/C45H27N3O2/c1-3-13-28(14-4-1)30-17-11-18-31(25-30)32-26-36(42-34-20-8-10-23-38(34)50-40(42)27-32)45-47-43(29-15-5-2-6-16-29)46-44(48-45)35-21-12-24-39-41(35)33-19-7-9-22-37(33)49-39/h1-27H. The average Bonchev–Trinajstić information content (AvgIpc) is 3.77. The van der Waals surface area contributed by atoms with Crippen molar-refractivity contribution in [1.82, 2.24) is 15.0 Å². The van der Waals surface area contributed by atoms with Gasteiger partial charge in [0.15, 0.2) is 17.5 Å². The number of para-hydroxylation sites is 2. The van der Waals surface area contributed by atoms with E-state index in [0.717, 1.165) is 82.8 Å². The van der Waals surface area contributed by atoms with Crippen LogP contribution in [0.15, 0.2) is 173 Å². The Hall–Kier alpha value is -6.85. The van der Waals surface area contributed by atoms with Crippen LogP contribution >= 0.6 is 0 Å². The third-order valence-corrected chi connectivity index (χ3v) is 9.33. The quantitative estimate of drug-likeness (QED) is 0.187. The van der Waals surface area contributed by atoms with Crippen LogP contribution in [-0.2, 0) is 0 Å². The molecule has 0 amide bonds. The molecule has 0 bridgehead atoms. The number of hydrogen-bond acceptors (Lipinski definition) is 5. The number of rotatable bonds is 5. The lowest BCUT2D eigenvalue weighted by Crippen LogP contribution is -2.01. The van der Waals surface area contributed by atoms with Gasteiger partial charge < -0.3 is 8.83 Å². The number of aromatic nitrogens is 3. The molecule has 0 aliphatic carbocycles. The van der Waals surface area contributed by atoms with E-state index in [0.29, 0.717) is 17.5 Å². The molecule has 0 radical (unpaired) electrons. The van der Waals surface area contributed by atoms with Crippen LogP contribution in [0.1, 0.15) is 0 Å². The molecule has 0 aliphatic heterocycles. The van der Waals surface area contributed by atoms with Gasteiger partial charge in [0.2, 0.25) is 0 Å². The molecule has 0 atom stereocenters. The summed E-state index contributed by atoms with van der Waals surface area (Å²) < 4.78 is 12.8. The third kappa shape index (κ3) is 4.67. The van der Waals surface area contributed by atoms with Crippen LogP contribution < -0.4 is 0 Å². The zero-order valence-electron chi connectivity index (χ0n) is 26.7. The second-order valence-electron chi connectivity index (χ2n) is 12.4. The summed E-state index contributed by atoms with van der Waals surface area (Å²) in [5, 5.41) is 3.97. The molecule has 0 fully saturated rings. The van der Waals surface area contributed by atoms with Crippen molar-refractivity contribution in [3.8, 4) is 56.4 Å². The van der Waals surface area contributed by atoms with Gasteiger partial charge in [-0.2, -0.15) is 0 Å². The van der Waals surface area contributed by atoms with E-state index in [9.17, 15) is 0 Å². The van der Waals surface area contributed by atoms with Gasteiger partial charge in [0.25, 0.3) is 0 Å². The Balaban J connectivity index is 1.26. The largest absolute Gasteiger partial charge is 0.456 e. The van der Waals surface area contributed by atoms with Crippen LogP contribution in [-0.4, -0.2) is 15.0 Å². The summed E-state index contributed by atoms with van der Waals surface area (Å²) in [5.74, 6) is 1.73. The number of furan rings is 2. The first-order valence-electron chi connectivity index (χ1n) is 16.6. The van der Waals surface area contributed by atoms with Crippen molar-refractivity contribution < 1.29 is 8.83 Å². The second-order valence-corrected chi connectivity index (χ2v) is 12.4. The molecule has 0 aliphatic rings. The zero-order valence-corrected chi connectivity index (χ0v) is 26.7. The highest BCUT2D eigenvalue weighted by Crippen LogP contribution is 2.41. The Labute approximate surface area is 287 Å². The highest BCUT2D eigenvalue weighted by Gasteiger charge is 2.21. The van der Waals surface area contributed by atoms with E-state index in [2.05, 4.69) is 78.9 Å². The first kappa shape index (κ1) is 28.2. The molecule has 10 aromatic rings. The Kier molecular flexibility index (Phi) is 6.42. The van der Waals surface area contributed by atoms with Gasteiger partial charge in [-0.05, 0) is 58.7 Å². The van der Waals surface area contributed by atoms with Crippen molar-refractivity contribution in [3.63, 3.8) is 0 Å². The van der Waals surface area contributed by atoms with Crippen molar-refractivity contribution in [3.05, 3.63) is 164 Å². The van der Waals surface area contributed by atoms with Crippen molar-refractivity contribution in [2.45, 2.75) is 0 Å². The van der Waals surface area contributed by atoms with Crippen LogP contribution in [0.25, 0.3) is 100 Å². The molecule has 5 nitrogen and oxygen atoms in total. The lowest BCUT2D eigenvalue weighted by molar-refractivity contribution is 0.668. The molecule has 0 N–H and O–H groups in total. The maximum absolute atomic E-state index is 6.53. The van der Waals surface area contributed by atoms with Crippen LogP contribution in [0.4, 0.5) is 0 Å². The van der Waals surface area contributed by atoms with Crippen LogP contribution in [0, 0.1) is 0 Å². The van der Waals surface area contributed by atoms with Gasteiger partial charge in [0, 0.05) is 38.2 Å². The highest BCUT2D eigenvalue weighted by atomic mass is 16.3. The highest BCUT2D eigenvalue weighted by molar-refractivity contribution is 6.14. The Morgan fingerprint density at radius 1 is 0.300 bits per heavy atom. The fourth-order valence-electron chi connectivity index (χ4n) is 7.00. The SMILES string of the molecule is c1ccc(-c2cccc(-c3cc(-c4nc(-c5ccccc5)nc(-c5cccc6oc7ccccc7c56)n4)c4c(c3)oc3ccccc34)c2)cc1. The topological polar surface area (TPSA) is 65.0 Å². The number of fused-ring (bicyclic) bond motifs is 6. The van der Waals surface area contributed by atoms with E-state index >= 15 is 0 Å². The number of benzene rings is 7. The molecule has 0 unspecified atom stereocenters. The molecule has 5 heteroatoms. The minimum atomic E-state index is 0.566. The third-order valence-electron chi connectivity index (χ3n) is 9.33. The molecule has 10 rings (SSSR count). The van der Waals surface area contributed by atoms with Gasteiger partial charge in [-0.1, -0.05) is 127 Å². The molecule has 50 heavy (non-hydrogen) atoms. The Morgan fingerprint density at radius 3 is 1.52 bits per heavy atom. The van der Waals surface area contributed by atoms with Gasteiger partial charge in [0.1, 0.15) is 22.3 Å². The van der Waals surface area contributed by atoms with Gasteiger partial charge >= 0.3 is 0 Å². The Bertz CT molecular complexity index is 2870. The zero-order chi connectivity index (χ0) is 33.0. The summed E-state index contributed by atoms with van der Waals surface area (Å²) in [4.78, 5) is 15.5. The lowest BCUT2D eigenvalue weighted by atomic mass is 9.95. The summed E-state index contributed by atoms with van der Waals surface area (Å²) >= 11 is 0. The fourth-order valence-corrected chi connectivity index (χ4v) is 7.00. The number of hydrogen-bond donors (Lipinski definition) is 0. The maximum atomic E-state index is 6.53. The summed E-state index contributed by atoms with van der Waals surface area (Å²) in [6.45, 7) is 0. The predicted molar refractivity (Wildman–Crippen MR) is 202 cm³/mol. The van der Waals surface area contributed by atoms with Gasteiger partial charge in [-0.25, -0.2) is 15.0 Å². The normalized spacial score (nSPS) is 11.6. The van der Waals surface area contributed by atoms with Crippen molar-refractivity contribution in [2.24, 2.45) is 0 Å². The molecular weight excluding hydrogens is 615 g/mol. The molecular formula is C45H27N3O2. The number of nitrogens with zero attached hydrogens (tertiary/aromatic N) is 3. The molecule has 0 spiro atoms. The minimum absolute atomic E-state index is 0.566. The maximum Gasteiger partial charge on any atom is 0.164 e. The summed E-state index contributed by atoms with van der Waals surface area (Å²) in [5.41, 5.74) is 10.2. The van der Waals surface area contributed by atoms with E-state index in [1.165, 1.54) is 0 Å². The first-order chi connectivity index (χ1) is 24.8. The summed E-state index contributed by atoms with van der Waals surface area (Å²) in [6.07, 6.45) is 0. The van der Waals surface area contributed by atoms with Crippen molar-refractivity contribution in [1.29, 1.82) is 0 Å². The van der Waals surface area contributed by atoms with Gasteiger partial charge in [0.05, 0.1) is 0 Å². The molecule has 3 aromatic heterocycles. The predicted octanol–water partition coefficient (Wildman–Crippen LogP) is 12.0. The van der Waals surface area contributed by atoms with Gasteiger partial charge in [-0.3, -0.25) is 0 Å².